The lowest BCUT2D eigenvalue weighted by atomic mass is 10.4. The molecule has 0 radical (unpaired) electrons. The summed E-state index contributed by atoms with van der Waals surface area (Å²) in [5.74, 6) is 0. The number of aryl methyl sites for hydroxylation is 1. The van der Waals surface area contributed by atoms with Crippen LogP contribution in [0.15, 0.2) is 12.3 Å². The van der Waals surface area contributed by atoms with E-state index in [2.05, 4.69) is 10.2 Å². The van der Waals surface area contributed by atoms with Crippen LogP contribution in [0, 0.1) is 0 Å². The summed E-state index contributed by atoms with van der Waals surface area (Å²) < 4.78 is 1.89. The fourth-order valence-corrected chi connectivity index (χ4v) is 2.13. The Bertz CT molecular complexity index is 414. The molecule has 2 heterocycles. The first-order valence-electron chi connectivity index (χ1n) is 3.58. The molecule has 0 aliphatic rings. The predicted molar refractivity (Wildman–Crippen MR) is 53.7 cm³/mol. The van der Waals surface area contributed by atoms with Crippen LogP contribution in [-0.4, -0.2) is 14.8 Å². The van der Waals surface area contributed by atoms with Gasteiger partial charge in [0.1, 0.15) is 0 Å². The molecule has 0 saturated carbocycles. The summed E-state index contributed by atoms with van der Waals surface area (Å²) in [6, 6.07) is 1.81. The highest BCUT2D eigenvalue weighted by molar-refractivity contribution is 7.18. The van der Waals surface area contributed by atoms with Gasteiger partial charge >= 0.3 is 0 Å². The van der Waals surface area contributed by atoms with E-state index in [1.54, 1.807) is 0 Å². The van der Waals surface area contributed by atoms with E-state index in [0.717, 1.165) is 10.7 Å². The van der Waals surface area contributed by atoms with Gasteiger partial charge in [-0.25, -0.2) is 0 Å². The second-order valence-corrected chi connectivity index (χ2v) is 3.98. The molecule has 0 aromatic carbocycles. The van der Waals surface area contributed by atoms with Crippen LogP contribution in [0.3, 0.4) is 0 Å². The molecule has 0 amide bonds. The molecule has 0 atom stereocenters. The first-order chi connectivity index (χ1) is 6.18. The lowest BCUT2D eigenvalue weighted by molar-refractivity contribution is 0.929. The third-order valence-electron chi connectivity index (χ3n) is 1.67. The standard InChI is InChI=1S/C7H7ClN4S/c1-12-3-2-4(8)5(12)6-10-11-7(9)13-6/h2-3H,1H3,(H2,9,11). The summed E-state index contributed by atoms with van der Waals surface area (Å²) in [5, 5.41) is 9.51. The van der Waals surface area contributed by atoms with E-state index >= 15 is 0 Å². The van der Waals surface area contributed by atoms with Gasteiger partial charge < -0.3 is 10.3 Å². The fraction of sp³-hybridized carbons (Fsp3) is 0.143. The van der Waals surface area contributed by atoms with Gasteiger partial charge in [-0.05, 0) is 6.07 Å². The minimum Gasteiger partial charge on any atom is -0.374 e. The Labute approximate surface area is 84.0 Å². The van der Waals surface area contributed by atoms with Crippen molar-refractivity contribution in [1.82, 2.24) is 14.8 Å². The smallest absolute Gasteiger partial charge is 0.203 e. The van der Waals surface area contributed by atoms with Gasteiger partial charge in [0.2, 0.25) is 5.13 Å². The van der Waals surface area contributed by atoms with Crippen LogP contribution >= 0.6 is 22.9 Å². The summed E-state index contributed by atoms with van der Waals surface area (Å²) in [5.41, 5.74) is 6.33. The van der Waals surface area contributed by atoms with E-state index in [-0.39, 0.29) is 0 Å². The molecule has 0 aliphatic heterocycles. The number of nitrogen functional groups attached to an aromatic ring is 1. The van der Waals surface area contributed by atoms with E-state index in [9.17, 15) is 0 Å². The molecule has 0 aliphatic carbocycles. The van der Waals surface area contributed by atoms with Crippen molar-refractivity contribution in [2.24, 2.45) is 7.05 Å². The Balaban J connectivity index is 2.57. The predicted octanol–water partition coefficient (Wildman–Crippen LogP) is 1.78. The van der Waals surface area contributed by atoms with Crippen molar-refractivity contribution in [1.29, 1.82) is 0 Å². The minimum atomic E-state index is 0.451. The van der Waals surface area contributed by atoms with E-state index in [4.69, 9.17) is 17.3 Å². The number of nitrogens with zero attached hydrogens (tertiary/aromatic N) is 3. The van der Waals surface area contributed by atoms with Crippen molar-refractivity contribution < 1.29 is 0 Å². The molecule has 2 aromatic heterocycles. The molecule has 0 fully saturated rings. The van der Waals surface area contributed by atoms with Gasteiger partial charge in [-0.1, -0.05) is 22.9 Å². The van der Waals surface area contributed by atoms with Crippen molar-refractivity contribution in [2.45, 2.75) is 0 Å². The fourth-order valence-electron chi connectivity index (χ4n) is 1.08. The van der Waals surface area contributed by atoms with E-state index in [0.29, 0.717) is 10.2 Å². The molecule has 68 valence electrons. The minimum absolute atomic E-state index is 0.451. The van der Waals surface area contributed by atoms with Crippen LogP contribution in [0.2, 0.25) is 5.02 Å². The van der Waals surface area contributed by atoms with Gasteiger partial charge in [0.25, 0.3) is 0 Å². The van der Waals surface area contributed by atoms with Crippen LogP contribution < -0.4 is 5.73 Å². The third-order valence-corrected chi connectivity index (χ3v) is 2.73. The van der Waals surface area contributed by atoms with Crippen molar-refractivity contribution in [3.8, 4) is 10.7 Å². The first-order valence-corrected chi connectivity index (χ1v) is 4.78. The molecular formula is C7H7ClN4S. The van der Waals surface area contributed by atoms with Gasteiger partial charge in [0, 0.05) is 13.2 Å². The average molecular weight is 215 g/mol. The molecule has 0 unspecified atom stereocenters. The maximum Gasteiger partial charge on any atom is 0.203 e. The Morgan fingerprint density at radius 2 is 2.31 bits per heavy atom. The zero-order valence-corrected chi connectivity index (χ0v) is 8.43. The number of rotatable bonds is 1. The first kappa shape index (κ1) is 8.52. The summed E-state index contributed by atoms with van der Waals surface area (Å²) in [6.07, 6.45) is 1.87. The van der Waals surface area contributed by atoms with Crippen molar-refractivity contribution in [3.05, 3.63) is 17.3 Å². The molecular weight excluding hydrogens is 208 g/mol. The van der Waals surface area contributed by atoms with Gasteiger partial charge in [0.05, 0.1) is 10.7 Å². The van der Waals surface area contributed by atoms with Gasteiger partial charge in [-0.15, -0.1) is 10.2 Å². The highest BCUT2D eigenvalue weighted by atomic mass is 35.5. The second-order valence-electron chi connectivity index (χ2n) is 2.57. The number of hydrogen-bond donors (Lipinski definition) is 1. The van der Waals surface area contributed by atoms with E-state index < -0.39 is 0 Å². The van der Waals surface area contributed by atoms with Crippen molar-refractivity contribution in [3.63, 3.8) is 0 Å². The maximum absolute atomic E-state index is 5.97. The maximum atomic E-state index is 5.97. The Hall–Kier alpha value is -1.07. The molecule has 0 spiro atoms. The number of anilines is 1. The monoisotopic (exact) mass is 214 g/mol. The lowest BCUT2D eigenvalue weighted by Gasteiger charge is -1.97. The molecule has 6 heteroatoms. The van der Waals surface area contributed by atoms with Gasteiger partial charge in [-0.3, -0.25) is 0 Å². The topological polar surface area (TPSA) is 56.7 Å². The summed E-state index contributed by atoms with van der Waals surface area (Å²) in [7, 11) is 1.90. The number of halogens is 1. The molecule has 13 heavy (non-hydrogen) atoms. The van der Waals surface area contributed by atoms with Crippen LogP contribution in [0.4, 0.5) is 5.13 Å². The van der Waals surface area contributed by atoms with Crippen LogP contribution in [0.5, 0.6) is 0 Å². The largest absolute Gasteiger partial charge is 0.374 e. The number of aromatic nitrogens is 3. The molecule has 2 N–H and O–H groups in total. The molecule has 2 rings (SSSR count). The van der Waals surface area contributed by atoms with Crippen molar-refractivity contribution >= 4 is 28.1 Å². The number of nitrogens with two attached hydrogens (primary N) is 1. The van der Waals surface area contributed by atoms with Crippen molar-refractivity contribution in [2.75, 3.05) is 5.73 Å². The lowest BCUT2D eigenvalue weighted by Crippen LogP contribution is -1.89. The van der Waals surface area contributed by atoms with Gasteiger partial charge in [0.15, 0.2) is 5.01 Å². The quantitative estimate of drug-likeness (QED) is 0.787. The summed E-state index contributed by atoms with van der Waals surface area (Å²) in [6.45, 7) is 0. The third kappa shape index (κ3) is 1.40. The number of hydrogen-bond acceptors (Lipinski definition) is 4. The SMILES string of the molecule is Cn1ccc(Cl)c1-c1nnc(N)s1. The Morgan fingerprint density at radius 3 is 2.77 bits per heavy atom. The summed E-state index contributed by atoms with van der Waals surface area (Å²) in [4.78, 5) is 0. The summed E-state index contributed by atoms with van der Waals surface area (Å²) >= 11 is 7.29. The Morgan fingerprint density at radius 1 is 1.54 bits per heavy atom. The zero-order chi connectivity index (χ0) is 9.42. The average Bonchev–Trinajstić information content (AvgIpc) is 2.60. The van der Waals surface area contributed by atoms with E-state index in [1.165, 1.54) is 11.3 Å². The molecule has 0 bridgehead atoms. The van der Waals surface area contributed by atoms with Crippen LogP contribution in [0.25, 0.3) is 10.7 Å². The highest BCUT2D eigenvalue weighted by Gasteiger charge is 2.11. The molecule has 4 nitrogen and oxygen atoms in total. The van der Waals surface area contributed by atoms with Crippen LogP contribution in [-0.2, 0) is 7.05 Å². The molecule has 0 saturated heterocycles. The van der Waals surface area contributed by atoms with Crippen LogP contribution in [0.1, 0.15) is 0 Å². The molecule has 2 aromatic rings. The van der Waals surface area contributed by atoms with E-state index in [1.807, 2.05) is 23.9 Å². The van der Waals surface area contributed by atoms with Gasteiger partial charge in [-0.2, -0.15) is 0 Å². The second kappa shape index (κ2) is 3.01. The normalized spacial score (nSPS) is 10.6. The zero-order valence-electron chi connectivity index (χ0n) is 6.86. The Kier molecular flexibility index (Phi) is 1.97. The highest BCUT2D eigenvalue weighted by Crippen LogP contribution is 2.30.